The number of carbonyl (C=O) groups excluding carboxylic acids is 1. The van der Waals surface area contributed by atoms with Crippen LogP contribution < -0.4 is 5.32 Å². The third kappa shape index (κ3) is 7.02. The van der Waals surface area contributed by atoms with Crippen molar-refractivity contribution in [2.45, 2.75) is 37.5 Å². The van der Waals surface area contributed by atoms with Gasteiger partial charge in [0.1, 0.15) is 0 Å². The zero-order chi connectivity index (χ0) is 25.1. The number of halogens is 8. The van der Waals surface area contributed by atoms with E-state index in [9.17, 15) is 31.1 Å². The Labute approximate surface area is 203 Å². The van der Waals surface area contributed by atoms with Gasteiger partial charge in [-0.2, -0.15) is 26.3 Å². The van der Waals surface area contributed by atoms with Gasteiger partial charge in [0.2, 0.25) is 0 Å². The number of likely N-dealkylation sites (tertiary alicyclic amines) is 1. The van der Waals surface area contributed by atoms with E-state index in [4.69, 9.17) is 23.2 Å². The van der Waals surface area contributed by atoms with E-state index in [-0.39, 0.29) is 18.5 Å². The van der Waals surface area contributed by atoms with Crippen molar-refractivity contribution in [2.75, 3.05) is 26.2 Å². The third-order valence-electron chi connectivity index (χ3n) is 5.77. The quantitative estimate of drug-likeness (QED) is 0.392. The smallest absolute Gasteiger partial charge is 0.351 e. The van der Waals surface area contributed by atoms with Crippen molar-refractivity contribution >= 4 is 29.1 Å². The molecule has 2 aromatic rings. The van der Waals surface area contributed by atoms with Gasteiger partial charge < -0.3 is 10.2 Å². The minimum Gasteiger partial charge on any atom is -0.351 e. The lowest BCUT2D eigenvalue weighted by Crippen LogP contribution is -2.31. The Morgan fingerprint density at radius 3 is 2.03 bits per heavy atom. The Morgan fingerprint density at radius 1 is 0.912 bits per heavy atom. The first kappa shape index (κ1) is 26.6. The highest BCUT2D eigenvalue weighted by Crippen LogP contribution is 2.36. The van der Waals surface area contributed by atoms with E-state index in [1.165, 1.54) is 0 Å². The fourth-order valence-electron chi connectivity index (χ4n) is 3.90. The summed E-state index contributed by atoms with van der Waals surface area (Å²) in [6.45, 7) is 2.63. The van der Waals surface area contributed by atoms with E-state index in [1.807, 2.05) is 0 Å². The minimum absolute atomic E-state index is 0.00221. The Balaban J connectivity index is 1.80. The highest BCUT2D eigenvalue weighted by Gasteiger charge is 2.37. The molecule has 0 saturated carbocycles. The highest BCUT2D eigenvalue weighted by molar-refractivity contribution is 6.42. The molecule has 1 unspecified atom stereocenters. The van der Waals surface area contributed by atoms with Crippen LogP contribution in [0.1, 0.15) is 52.2 Å². The van der Waals surface area contributed by atoms with E-state index in [2.05, 4.69) is 10.2 Å². The van der Waals surface area contributed by atoms with Gasteiger partial charge >= 0.3 is 12.4 Å². The van der Waals surface area contributed by atoms with Crippen LogP contribution in [0.25, 0.3) is 0 Å². The Hall–Kier alpha value is -1.97. The molecule has 3 nitrogen and oxygen atoms in total. The zero-order valence-electron chi connectivity index (χ0n) is 17.9. The number of hydrogen-bond acceptors (Lipinski definition) is 2. The maximum Gasteiger partial charge on any atom is 0.416 e. The molecule has 3 rings (SSSR count). The molecule has 1 atom stereocenters. The second kappa shape index (κ2) is 10.7. The van der Waals surface area contributed by atoms with Gasteiger partial charge in [-0.25, -0.2) is 0 Å². The van der Waals surface area contributed by atoms with Crippen LogP contribution in [0.15, 0.2) is 36.4 Å². The Kier molecular flexibility index (Phi) is 8.42. The van der Waals surface area contributed by atoms with Crippen molar-refractivity contribution in [3.8, 4) is 0 Å². The second-order valence-corrected chi connectivity index (χ2v) is 9.03. The SMILES string of the molecule is O=C(NCC(CCN1CCCC1)c1ccc(Cl)c(Cl)c1)c1cc(C(F)(F)F)cc(C(F)(F)F)c1. The molecule has 186 valence electrons. The first-order chi connectivity index (χ1) is 15.8. The topological polar surface area (TPSA) is 32.3 Å². The fraction of sp³-hybridized carbons (Fsp3) is 0.435. The van der Waals surface area contributed by atoms with Crippen molar-refractivity contribution < 1.29 is 31.1 Å². The van der Waals surface area contributed by atoms with Gasteiger partial charge in [-0.1, -0.05) is 29.3 Å². The summed E-state index contributed by atoms with van der Waals surface area (Å²) in [6.07, 6.45) is -7.28. The molecule has 0 aliphatic carbocycles. The van der Waals surface area contributed by atoms with E-state index >= 15 is 0 Å². The van der Waals surface area contributed by atoms with Crippen LogP contribution in [0.4, 0.5) is 26.3 Å². The largest absolute Gasteiger partial charge is 0.416 e. The fourth-order valence-corrected chi connectivity index (χ4v) is 4.21. The molecule has 0 radical (unpaired) electrons. The first-order valence-electron chi connectivity index (χ1n) is 10.6. The molecule has 0 bridgehead atoms. The van der Waals surface area contributed by atoms with E-state index in [1.54, 1.807) is 18.2 Å². The highest BCUT2D eigenvalue weighted by atomic mass is 35.5. The average Bonchev–Trinajstić information content (AvgIpc) is 3.28. The van der Waals surface area contributed by atoms with Crippen LogP contribution in [0.5, 0.6) is 0 Å². The van der Waals surface area contributed by atoms with Gasteiger partial charge in [-0.3, -0.25) is 4.79 Å². The van der Waals surface area contributed by atoms with Crippen LogP contribution in [0.2, 0.25) is 10.0 Å². The number of nitrogens with one attached hydrogen (secondary N) is 1. The summed E-state index contributed by atoms with van der Waals surface area (Å²) in [7, 11) is 0. The second-order valence-electron chi connectivity index (χ2n) is 8.21. The number of benzene rings is 2. The lowest BCUT2D eigenvalue weighted by atomic mass is 9.95. The molecule has 1 aliphatic heterocycles. The first-order valence-corrected chi connectivity index (χ1v) is 11.3. The number of hydrogen-bond donors (Lipinski definition) is 1. The minimum atomic E-state index is -5.03. The molecule has 1 N–H and O–H groups in total. The summed E-state index contributed by atoms with van der Waals surface area (Å²) in [5, 5.41) is 3.15. The summed E-state index contributed by atoms with van der Waals surface area (Å²) >= 11 is 12.1. The average molecular weight is 527 g/mol. The van der Waals surface area contributed by atoms with E-state index in [0.29, 0.717) is 28.6 Å². The molecular formula is C23H22Cl2F6N2O. The molecule has 0 spiro atoms. The lowest BCUT2D eigenvalue weighted by molar-refractivity contribution is -0.143. The van der Waals surface area contributed by atoms with Crippen LogP contribution >= 0.6 is 23.2 Å². The molecule has 1 fully saturated rings. The molecule has 34 heavy (non-hydrogen) atoms. The predicted octanol–water partition coefficient (Wildman–Crippen LogP) is 7.03. The summed E-state index contributed by atoms with van der Waals surface area (Å²) in [5.74, 6) is -1.30. The molecule has 1 amide bonds. The number of rotatable bonds is 7. The zero-order valence-corrected chi connectivity index (χ0v) is 19.4. The van der Waals surface area contributed by atoms with Crippen molar-refractivity contribution in [2.24, 2.45) is 0 Å². The summed E-state index contributed by atoms with van der Waals surface area (Å²) in [5.41, 5.74) is -3.03. The van der Waals surface area contributed by atoms with Gasteiger partial charge in [0.05, 0.1) is 21.2 Å². The molecule has 1 aliphatic rings. The summed E-state index contributed by atoms with van der Waals surface area (Å²) in [4.78, 5) is 14.9. The standard InChI is InChI=1S/C23H22Cl2F6N2O/c24-19-4-3-14(11-20(19)25)15(5-8-33-6-1-2-7-33)13-32-21(34)16-9-17(22(26,27)28)12-18(10-16)23(29,30)31/h3-4,9-12,15H,1-2,5-8,13H2,(H,32,34). The van der Waals surface area contributed by atoms with Crippen LogP contribution in [-0.2, 0) is 12.4 Å². The van der Waals surface area contributed by atoms with Gasteiger partial charge in [0, 0.05) is 18.0 Å². The van der Waals surface area contributed by atoms with Crippen molar-refractivity contribution in [3.05, 3.63) is 68.7 Å². The molecule has 1 heterocycles. The third-order valence-corrected chi connectivity index (χ3v) is 6.51. The molecule has 0 aromatic heterocycles. The molecular weight excluding hydrogens is 505 g/mol. The van der Waals surface area contributed by atoms with Gasteiger partial charge in [0.15, 0.2) is 0 Å². The Bertz CT molecular complexity index is 987. The van der Waals surface area contributed by atoms with Crippen LogP contribution in [0, 0.1) is 0 Å². The summed E-state index contributed by atoms with van der Waals surface area (Å²) in [6, 6.07) is 5.82. The predicted molar refractivity (Wildman–Crippen MR) is 118 cm³/mol. The molecule has 2 aromatic carbocycles. The van der Waals surface area contributed by atoms with Gasteiger partial charge in [-0.05, 0) is 74.8 Å². The van der Waals surface area contributed by atoms with Crippen molar-refractivity contribution in [1.29, 1.82) is 0 Å². The van der Waals surface area contributed by atoms with Gasteiger partial charge in [-0.15, -0.1) is 0 Å². The lowest BCUT2D eigenvalue weighted by Gasteiger charge is -2.22. The normalized spacial score (nSPS) is 16.0. The van der Waals surface area contributed by atoms with E-state index < -0.39 is 35.0 Å². The van der Waals surface area contributed by atoms with Crippen LogP contribution in [0.3, 0.4) is 0 Å². The van der Waals surface area contributed by atoms with Crippen LogP contribution in [-0.4, -0.2) is 37.0 Å². The van der Waals surface area contributed by atoms with Crippen molar-refractivity contribution in [3.63, 3.8) is 0 Å². The maximum absolute atomic E-state index is 13.1. The molecule has 11 heteroatoms. The number of carbonyl (C=O) groups is 1. The number of alkyl halides is 6. The monoisotopic (exact) mass is 526 g/mol. The maximum atomic E-state index is 13.1. The number of amides is 1. The summed E-state index contributed by atoms with van der Waals surface area (Å²) < 4.78 is 78.8. The Morgan fingerprint density at radius 2 is 1.50 bits per heavy atom. The van der Waals surface area contributed by atoms with Gasteiger partial charge in [0.25, 0.3) is 5.91 Å². The number of nitrogens with zero attached hydrogens (tertiary/aromatic N) is 1. The molecule has 1 saturated heterocycles. The van der Waals surface area contributed by atoms with E-state index in [0.717, 1.165) is 38.0 Å². The van der Waals surface area contributed by atoms with Crippen molar-refractivity contribution in [1.82, 2.24) is 10.2 Å².